The van der Waals surface area contributed by atoms with Crippen molar-refractivity contribution in [2.24, 2.45) is 35.3 Å². The Morgan fingerprint density at radius 2 is 1.27 bits per heavy atom. The molecule has 2 heterocycles. The summed E-state index contributed by atoms with van der Waals surface area (Å²) in [6, 6.07) is 24.2. The van der Waals surface area contributed by atoms with Crippen molar-refractivity contribution in [1.82, 2.24) is 56.9 Å². The minimum absolute atomic E-state index is 0.0186. The van der Waals surface area contributed by atoms with Crippen molar-refractivity contribution < 1.29 is 90.7 Å². The highest BCUT2D eigenvalue weighted by Crippen LogP contribution is 2.45. The van der Waals surface area contributed by atoms with Crippen LogP contribution in [0.25, 0.3) is 11.1 Å². The van der Waals surface area contributed by atoms with E-state index in [0.717, 1.165) is 32.8 Å². The van der Waals surface area contributed by atoms with Gasteiger partial charge in [-0.05, 0) is 128 Å². The molecule has 124 heavy (non-hydrogen) atoms. The summed E-state index contributed by atoms with van der Waals surface area (Å²) < 4.78 is 40.4. The number of amides is 12. The molecule has 1 saturated heterocycles. The van der Waals surface area contributed by atoms with Crippen molar-refractivity contribution in [1.29, 1.82) is 0 Å². The summed E-state index contributed by atoms with van der Waals surface area (Å²) in [5, 5.41) is 25.0. The molecule has 1 aliphatic heterocycles. The van der Waals surface area contributed by atoms with Gasteiger partial charge in [-0.3, -0.25) is 48.1 Å². The Labute approximate surface area is 733 Å². The third-order valence-corrected chi connectivity index (χ3v) is 23.2. The second-order valence-electron chi connectivity index (χ2n) is 33.7. The van der Waals surface area contributed by atoms with E-state index in [-0.39, 0.29) is 121 Å². The van der Waals surface area contributed by atoms with Crippen LogP contribution in [0.2, 0.25) is 0 Å². The number of alkyl carbamates (subject to hydrolysis) is 1. The van der Waals surface area contributed by atoms with Gasteiger partial charge in [-0.2, -0.15) is 0 Å². The van der Waals surface area contributed by atoms with Crippen LogP contribution < -0.4 is 48.3 Å². The SMILES string of the molecule is CC[C@H](C)[C@@H]([C@@H](CC(=O)N1CCC[C@H]1[C@H](OC)[C@@H](C)C(=O)N[C@@H](Cc1ccccc1)c1nccs1)OC)N(C)C(=O)[C@@H](NC(=O)[C@H](C(C)C)N(C)C(=O)OCc1ccc(NC(=O)[C@H](CCCNC(N)=O)NC(=O)[C@@H](NC(=O)CCOCCOCCNC(=O)[C@H](CCC(=O)OC(C)(C)C)NC(=O)OCC2c3ccccc3-c3ccccc32)C(C)C)cc1)C(C)C. The molecular weight excluding hydrogens is 1610 g/mol. The van der Waals surface area contributed by atoms with Gasteiger partial charge >= 0.3 is 24.2 Å². The summed E-state index contributed by atoms with van der Waals surface area (Å²) in [7, 11) is 6.14. The van der Waals surface area contributed by atoms with Crippen LogP contribution in [0.4, 0.5) is 20.1 Å². The van der Waals surface area contributed by atoms with Gasteiger partial charge in [0.25, 0.3) is 0 Å². The molecule has 12 atom stereocenters. The Balaban J connectivity index is 0.859. The van der Waals surface area contributed by atoms with Crippen molar-refractivity contribution in [2.45, 2.75) is 226 Å². The molecule has 12 amide bonds. The Hall–Kier alpha value is -10.6. The zero-order chi connectivity index (χ0) is 90.9. The number of fused-ring (bicyclic) bond motifs is 3. The van der Waals surface area contributed by atoms with E-state index in [4.69, 9.17) is 38.9 Å². The van der Waals surface area contributed by atoms with Gasteiger partial charge in [0, 0.05) is 84.0 Å². The standard InChI is InChI=1S/C91H131N13O19S/c1-17-58(8)79(72(117-15)52-74(106)104-45-26-34-71(104)80(118-16)59(9)81(108)98-70(86-94-44-50-124-86)51-60-27-19-18-20-28-60)102(13)87(113)77(56(4)5)101-85(112)78(57(6)7)103(14)90(116)122-53-61-35-37-62(38-36-61)96-83(110)68(33-25-42-95-88(92)114)97-84(111)76(55(2)3)100-73(105)41-46-119-48-49-120-47-43-93-82(109)69(39-40-75(107)123-91(10,11)12)99-89(115)121-54-67-65-31-23-21-29-63(65)64-30-22-24-32-66(64)67/h18-24,27-32,35-38,44,50,55-59,67-72,76-80H,17,25-26,33-34,39-43,45-49,51-54H2,1-16H3,(H,93,109)(H,96,110)(H,97,111)(H,98,108)(H,99,115)(H,100,105)(H,101,112)(H3,92,95,114)/t58-,59+,68-,69-,70-,71-,72+,76-,77-,78-,79-,80+/m0/s1. The summed E-state index contributed by atoms with van der Waals surface area (Å²) >= 11 is 1.46. The zero-order valence-corrected chi connectivity index (χ0v) is 75.5. The first-order valence-corrected chi connectivity index (χ1v) is 43.8. The fourth-order valence-corrected chi connectivity index (χ4v) is 16.3. The Morgan fingerprint density at radius 3 is 1.86 bits per heavy atom. The van der Waals surface area contributed by atoms with Crippen LogP contribution in [0.5, 0.6) is 0 Å². The number of rotatable bonds is 49. The van der Waals surface area contributed by atoms with E-state index in [1.807, 2.05) is 105 Å². The van der Waals surface area contributed by atoms with Crippen molar-refractivity contribution in [3.8, 4) is 11.1 Å². The van der Waals surface area contributed by atoms with Crippen LogP contribution in [0, 0.1) is 29.6 Å². The number of urea groups is 1. The summed E-state index contributed by atoms with van der Waals surface area (Å²) in [6.45, 7) is 22.1. The number of ether oxygens (including phenoxy) is 7. The lowest BCUT2D eigenvalue weighted by Gasteiger charge is -2.41. The topological polar surface area (TPSA) is 414 Å². The van der Waals surface area contributed by atoms with Crippen LogP contribution >= 0.6 is 11.3 Å². The van der Waals surface area contributed by atoms with Gasteiger partial charge in [0.05, 0.1) is 69.1 Å². The Bertz CT molecular complexity index is 4260. The molecule has 32 nitrogen and oxygen atoms in total. The predicted octanol–water partition coefficient (Wildman–Crippen LogP) is 9.48. The summed E-state index contributed by atoms with van der Waals surface area (Å²) in [4.78, 5) is 174. The molecule has 4 aromatic carbocycles. The smallest absolute Gasteiger partial charge is 0.410 e. The van der Waals surface area contributed by atoms with Crippen molar-refractivity contribution >= 4 is 88.5 Å². The summed E-state index contributed by atoms with van der Waals surface area (Å²) in [5.74, 6) is -6.75. The molecule has 1 fully saturated rings. The molecule has 1 aliphatic carbocycles. The molecule has 0 bridgehead atoms. The lowest BCUT2D eigenvalue weighted by Crippen LogP contribution is -2.60. The number of thiazole rings is 1. The number of esters is 1. The van der Waals surface area contributed by atoms with Crippen LogP contribution in [-0.4, -0.2) is 232 Å². The number of carbonyl (C=O) groups is 12. The molecule has 0 saturated carbocycles. The maximum absolute atomic E-state index is 15.0. The number of hydrogen-bond acceptors (Lipinski definition) is 21. The maximum Gasteiger partial charge on any atom is 0.410 e. The first kappa shape index (κ1) is 100. The number of likely N-dealkylation sites (N-methyl/N-ethyl adjacent to an activating group) is 2. The third kappa shape index (κ3) is 30.4. The minimum atomic E-state index is -1.16. The number of nitrogens with two attached hydrogens (primary N) is 1. The summed E-state index contributed by atoms with van der Waals surface area (Å²) in [6.07, 6.45) is 0.890. The highest BCUT2D eigenvalue weighted by molar-refractivity contribution is 7.09. The maximum atomic E-state index is 15.0. The normalized spacial score (nSPS) is 15.8. The molecule has 0 unspecified atom stereocenters. The van der Waals surface area contributed by atoms with Crippen molar-refractivity contribution in [3.63, 3.8) is 0 Å². The highest BCUT2D eigenvalue weighted by atomic mass is 32.1. The first-order valence-electron chi connectivity index (χ1n) is 42.9. The monoisotopic (exact) mass is 1740 g/mol. The molecule has 0 radical (unpaired) electrons. The van der Waals surface area contributed by atoms with Gasteiger partial charge in [-0.1, -0.05) is 160 Å². The number of carbonyl (C=O) groups excluding carboxylic acids is 12. The largest absolute Gasteiger partial charge is 0.460 e. The number of likely N-dealkylation sites (tertiary alicyclic amines) is 1. The minimum Gasteiger partial charge on any atom is -0.460 e. The van der Waals surface area contributed by atoms with Gasteiger partial charge < -0.3 is 91.2 Å². The van der Waals surface area contributed by atoms with Gasteiger partial charge in [-0.15, -0.1) is 11.3 Å². The van der Waals surface area contributed by atoms with E-state index in [1.54, 1.807) is 117 Å². The molecule has 33 heteroatoms. The van der Waals surface area contributed by atoms with Gasteiger partial charge in [0.1, 0.15) is 54.0 Å². The van der Waals surface area contributed by atoms with Crippen molar-refractivity contribution in [3.05, 3.63) is 142 Å². The molecule has 7 rings (SSSR count). The summed E-state index contributed by atoms with van der Waals surface area (Å²) in [5.41, 5.74) is 10.6. The quantitative estimate of drug-likeness (QED) is 0.00993. The predicted molar refractivity (Wildman–Crippen MR) is 470 cm³/mol. The van der Waals surface area contributed by atoms with Crippen LogP contribution in [0.15, 0.2) is 115 Å². The molecule has 5 aromatic rings. The average Bonchev–Trinajstić information content (AvgIpc) is 1.61. The van der Waals surface area contributed by atoms with Crippen LogP contribution in [0.3, 0.4) is 0 Å². The zero-order valence-electron chi connectivity index (χ0n) is 74.7. The van der Waals surface area contributed by atoms with E-state index in [1.165, 1.54) is 30.4 Å². The number of methoxy groups -OCH3 is 2. The van der Waals surface area contributed by atoms with Gasteiger partial charge in [0.15, 0.2) is 0 Å². The van der Waals surface area contributed by atoms with Crippen molar-refractivity contribution in [2.75, 3.05) is 86.3 Å². The first-order chi connectivity index (χ1) is 59.1. The van der Waals surface area contributed by atoms with Crippen LogP contribution in [0.1, 0.15) is 180 Å². The number of nitrogens with zero attached hydrogens (tertiary/aromatic N) is 4. The number of aromatic nitrogens is 1. The number of primary amides is 1. The van der Waals surface area contributed by atoms with Gasteiger partial charge in [-0.25, -0.2) is 19.4 Å². The van der Waals surface area contributed by atoms with E-state index < -0.39 is 143 Å². The molecule has 10 N–H and O–H groups in total. The second kappa shape index (κ2) is 49.8. The average molecular weight is 1740 g/mol. The van der Waals surface area contributed by atoms with E-state index in [9.17, 15) is 57.5 Å². The molecule has 1 aromatic heterocycles. The number of benzene rings is 4. The molecular formula is C91H131N13O19S. The van der Waals surface area contributed by atoms with E-state index >= 15 is 0 Å². The molecule has 0 spiro atoms. The van der Waals surface area contributed by atoms with Crippen LogP contribution in [-0.2, 0) is 89.3 Å². The number of anilines is 1. The fraction of sp³-hybridized carbons (Fsp3) is 0.571. The Morgan fingerprint density at radius 1 is 0.629 bits per heavy atom. The second-order valence-corrected chi connectivity index (χ2v) is 34.6. The third-order valence-electron chi connectivity index (χ3n) is 22.3. The Kier molecular flexibility index (Phi) is 40.3. The highest BCUT2D eigenvalue weighted by Gasteiger charge is 2.45. The number of hydrogen-bond donors (Lipinski definition) is 9. The lowest BCUT2D eigenvalue weighted by atomic mass is 9.89. The van der Waals surface area contributed by atoms with Gasteiger partial charge in [0.2, 0.25) is 47.3 Å². The number of nitrogens with one attached hydrogen (secondary N) is 8. The van der Waals surface area contributed by atoms with E-state index in [0.29, 0.717) is 43.5 Å². The lowest BCUT2D eigenvalue weighted by molar-refractivity contribution is -0.155. The molecule has 680 valence electrons. The van der Waals surface area contributed by atoms with E-state index in [2.05, 4.69) is 47.5 Å². The fourth-order valence-electron chi connectivity index (χ4n) is 15.6. The molecule has 2 aliphatic rings.